The monoisotopic (exact) mass is 242 g/mol. The zero-order chi connectivity index (χ0) is 12.9. The highest BCUT2D eigenvalue weighted by Crippen LogP contribution is 2.47. The molecule has 1 unspecified atom stereocenters. The summed E-state index contributed by atoms with van der Waals surface area (Å²) in [5.74, 6) is -0.885. The highest BCUT2D eigenvalue weighted by Gasteiger charge is 2.40. The molecule has 98 valence electrons. The fourth-order valence-electron chi connectivity index (χ4n) is 1.84. The van der Waals surface area contributed by atoms with Gasteiger partial charge in [-0.2, -0.15) is 0 Å². The summed E-state index contributed by atoms with van der Waals surface area (Å²) in [6.07, 6.45) is 4.04. The summed E-state index contributed by atoms with van der Waals surface area (Å²) in [6, 6.07) is -0.540. The second kappa shape index (κ2) is 5.89. The lowest BCUT2D eigenvalue weighted by Crippen LogP contribution is -2.44. The highest BCUT2D eigenvalue weighted by molar-refractivity contribution is 5.75. The SMILES string of the molecule is CCC(CC(=O)O)NC(=O)NCC1(CC)CC1. The van der Waals surface area contributed by atoms with Crippen LogP contribution in [-0.4, -0.2) is 29.7 Å². The van der Waals surface area contributed by atoms with Crippen LogP contribution in [0.25, 0.3) is 0 Å². The molecule has 0 bridgehead atoms. The Hall–Kier alpha value is -1.26. The molecule has 1 rings (SSSR count). The average Bonchev–Trinajstić information content (AvgIpc) is 3.05. The van der Waals surface area contributed by atoms with Gasteiger partial charge in [0, 0.05) is 12.6 Å². The summed E-state index contributed by atoms with van der Waals surface area (Å²) < 4.78 is 0. The van der Waals surface area contributed by atoms with E-state index in [1.165, 1.54) is 12.8 Å². The number of carbonyl (C=O) groups excluding carboxylic acids is 1. The lowest BCUT2D eigenvalue weighted by Gasteiger charge is -2.18. The molecule has 5 heteroatoms. The topological polar surface area (TPSA) is 78.4 Å². The van der Waals surface area contributed by atoms with E-state index in [1.54, 1.807) is 0 Å². The van der Waals surface area contributed by atoms with Gasteiger partial charge in [0.05, 0.1) is 6.42 Å². The zero-order valence-corrected chi connectivity index (χ0v) is 10.6. The molecule has 1 aliphatic carbocycles. The van der Waals surface area contributed by atoms with Gasteiger partial charge in [-0.3, -0.25) is 4.79 Å². The standard InChI is InChI=1S/C12H22N2O3/c1-3-9(7-10(15)16)14-11(17)13-8-12(4-2)5-6-12/h9H,3-8H2,1-2H3,(H,15,16)(H2,13,14,17). The van der Waals surface area contributed by atoms with Crippen LogP contribution in [0.15, 0.2) is 0 Å². The Morgan fingerprint density at radius 1 is 1.35 bits per heavy atom. The largest absolute Gasteiger partial charge is 0.481 e. The summed E-state index contributed by atoms with van der Waals surface area (Å²) in [5.41, 5.74) is 0.311. The molecule has 0 spiro atoms. The number of hydrogen-bond acceptors (Lipinski definition) is 2. The summed E-state index contributed by atoms with van der Waals surface area (Å²) >= 11 is 0. The van der Waals surface area contributed by atoms with Crippen molar-refractivity contribution in [1.29, 1.82) is 0 Å². The molecule has 1 saturated carbocycles. The van der Waals surface area contributed by atoms with Crippen LogP contribution < -0.4 is 10.6 Å². The molecule has 3 N–H and O–H groups in total. The van der Waals surface area contributed by atoms with E-state index in [0.717, 1.165) is 6.42 Å². The molecule has 1 aliphatic rings. The van der Waals surface area contributed by atoms with E-state index < -0.39 is 5.97 Å². The smallest absolute Gasteiger partial charge is 0.315 e. The van der Waals surface area contributed by atoms with Crippen LogP contribution in [0, 0.1) is 5.41 Å². The van der Waals surface area contributed by atoms with Crippen molar-refractivity contribution >= 4 is 12.0 Å². The van der Waals surface area contributed by atoms with Crippen molar-refractivity contribution in [2.24, 2.45) is 5.41 Å². The molecule has 0 saturated heterocycles. The summed E-state index contributed by atoms with van der Waals surface area (Å²) in [7, 11) is 0. The maximum atomic E-state index is 11.6. The van der Waals surface area contributed by atoms with Crippen molar-refractivity contribution in [3.05, 3.63) is 0 Å². The molecule has 17 heavy (non-hydrogen) atoms. The second-order valence-corrected chi connectivity index (χ2v) is 4.88. The highest BCUT2D eigenvalue weighted by atomic mass is 16.4. The van der Waals surface area contributed by atoms with Crippen molar-refractivity contribution in [1.82, 2.24) is 10.6 Å². The zero-order valence-electron chi connectivity index (χ0n) is 10.6. The molecular formula is C12H22N2O3. The maximum absolute atomic E-state index is 11.6. The van der Waals surface area contributed by atoms with Crippen LogP contribution in [0.4, 0.5) is 4.79 Å². The van der Waals surface area contributed by atoms with Gasteiger partial charge in [-0.1, -0.05) is 13.8 Å². The molecule has 0 aromatic carbocycles. The van der Waals surface area contributed by atoms with E-state index in [0.29, 0.717) is 18.4 Å². The van der Waals surface area contributed by atoms with Crippen molar-refractivity contribution in [2.45, 2.75) is 52.0 Å². The fraction of sp³-hybridized carbons (Fsp3) is 0.833. The van der Waals surface area contributed by atoms with Gasteiger partial charge in [0.25, 0.3) is 0 Å². The number of nitrogens with one attached hydrogen (secondary N) is 2. The molecule has 0 aromatic heterocycles. The number of urea groups is 1. The van der Waals surface area contributed by atoms with E-state index in [4.69, 9.17) is 5.11 Å². The van der Waals surface area contributed by atoms with Crippen molar-refractivity contribution in [2.75, 3.05) is 6.54 Å². The first kappa shape index (κ1) is 13.8. The first-order valence-corrected chi connectivity index (χ1v) is 6.27. The van der Waals surface area contributed by atoms with Gasteiger partial charge in [0.15, 0.2) is 0 Å². The number of carbonyl (C=O) groups is 2. The summed E-state index contributed by atoms with van der Waals surface area (Å²) in [6.45, 7) is 4.69. The Labute approximate surface area is 102 Å². The van der Waals surface area contributed by atoms with Gasteiger partial charge in [0.1, 0.15) is 0 Å². The Morgan fingerprint density at radius 2 is 2.00 bits per heavy atom. The quantitative estimate of drug-likeness (QED) is 0.636. The van der Waals surface area contributed by atoms with Gasteiger partial charge in [-0.25, -0.2) is 4.79 Å². The molecule has 5 nitrogen and oxygen atoms in total. The van der Waals surface area contributed by atoms with E-state index in [-0.39, 0.29) is 18.5 Å². The number of carboxylic acids is 1. The summed E-state index contributed by atoms with van der Waals surface area (Å²) in [4.78, 5) is 22.1. The van der Waals surface area contributed by atoms with E-state index in [9.17, 15) is 9.59 Å². The number of carboxylic acid groups (broad SMARTS) is 1. The molecule has 0 aromatic rings. The van der Waals surface area contributed by atoms with Gasteiger partial charge in [0.2, 0.25) is 0 Å². The lowest BCUT2D eigenvalue weighted by atomic mass is 10.0. The van der Waals surface area contributed by atoms with Crippen molar-refractivity contribution in [3.8, 4) is 0 Å². The Bertz CT molecular complexity index is 287. The molecule has 1 fully saturated rings. The van der Waals surface area contributed by atoms with Crippen LogP contribution in [-0.2, 0) is 4.79 Å². The van der Waals surface area contributed by atoms with E-state index in [2.05, 4.69) is 17.6 Å². The predicted octanol–water partition coefficient (Wildman–Crippen LogP) is 1.73. The maximum Gasteiger partial charge on any atom is 0.315 e. The van der Waals surface area contributed by atoms with Crippen LogP contribution in [0.3, 0.4) is 0 Å². The van der Waals surface area contributed by atoms with E-state index >= 15 is 0 Å². The number of aliphatic carboxylic acids is 1. The van der Waals surface area contributed by atoms with Gasteiger partial charge in [-0.05, 0) is 31.1 Å². The molecule has 0 radical (unpaired) electrons. The van der Waals surface area contributed by atoms with Crippen molar-refractivity contribution in [3.63, 3.8) is 0 Å². The molecule has 1 atom stereocenters. The third kappa shape index (κ3) is 4.63. The average molecular weight is 242 g/mol. The van der Waals surface area contributed by atoms with Crippen LogP contribution >= 0.6 is 0 Å². The minimum absolute atomic E-state index is 0.0250. The minimum Gasteiger partial charge on any atom is -0.481 e. The first-order chi connectivity index (χ1) is 8.01. The number of amides is 2. The molecule has 0 heterocycles. The summed E-state index contributed by atoms with van der Waals surface area (Å²) in [5, 5.41) is 14.2. The normalized spacial score (nSPS) is 18.2. The minimum atomic E-state index is -0.885. The van der Waals surface area contributed by atoms with Crippen LogP contribution in [0.5, 0.6) is 0 Å². The van der Waals surface area contributed by atoms with Crippen LogP contribution in [0.1, 0.15) is 46.0 Å². The lowest BCUT2D eigenvalue weighted by molar-refractivity contribution is -0.137. The molecule has 0 aliphatic heterocycles. The van der Waals surface area contributed by atoms with Gasteiger partial charge in [-0.15, -0.1) is 0 Å². The Kier molecular flexibility index (Phi) is 4.78. The Morgan fingerprint density at radius 3 is 2.41 bits per heavy atom. The third-order valence-electron chi connectivity index (χ3n) is 3.58. The second-order valence-electron chi connectivity index (χ2n) is 4.88. The third-order valence-corrected chi connectivity index (χ3v) is 3.58. The van der Waals surface area contributed by atoms with E-state index in [1.807, 2.05) is 6.92 Å². The fourth-order valence-corrected chi connectivity index (χ4v) is 1.84. The van der Waals surface area contributed by atoms with Gasteiger partial charge >= 0.3 is 12.0 Å². The Balaban J connectivity index is 2.25. The van der Waals surface area contributed by atoms with Crippen molar-refractivity contribution < 1.29 is 14.7 Å². The molecular weight excluding hydrogens is 220 g/mol. The van der Waals surface area contributed by atoms with Gasteiger partial charge < -0.3 is 15.7 Å². The number of rotatable bonds is 7. The van der Waals surface area contributed by atoms with Crippen LogP contribution in [0.2, 0.25) is 0 Å². The number of hydrogen-bond donors (Lipinski definition) is 3. The predicted molar refractivity (Wildman–Crippen MR) is 64.8 cm³/mol. The molecule has 2 amide bonds. The first-order valence-electron chi connectivity index (χ1n) is 6.27.